The molecule has 2 rings (SSSR count). The molecular formula is C19H25FIN3O. The molecule has 0 aliphatic heterocycles. The summed E-state index contributed by atoms with van der Waals surface area (Å²) >= 11 is 0. The number of methoxy groups -OCH3 is 1. The molecule has 4 nitrogen and oxygen atoms in total. The summed E-state index contributed by atoms with van der Waals surface area (Å²) in [6, 6.07) is 11.3. The Hall–Kier alpha value is -1.83. The van der Waals surface area contributed by atoms with Crippen LogP contribution in [0.1, 0.15) is 22.3 Å². The van der Waals surface area contributed by atoms with Crippen molar-refractivity contribution in [3.8, 4) is 5.75 Å². The van der Waals surface area contributed by atoms with Crippen molar-refractivity contribution < 1.29 is 9.13 Å². The highest BCUT2D eigenvalue weighted by Gasteiger charge is 2.04. The van der Waals surface area contributed by atoms with Gasteiger partial charge in [-0.2, -0.15) is 0 Å². The Morgan fingerprint density at radius 3 is 2.08 bits per heavy atom. The minimum atomic E-state index is -0.191. The largest absolute Gasteiger partial charge is 0.496 e. The Kier molecular flexibility index (Phi) is 8.68. The first-order chi connectivity index (χ1) is 11.5. The fourth-order valence-electron chi connectivity index (χ4n) is 2.31. The van der Waals surface area contributed by atoms with Gasteiger partial charge in [-0.1, -0.05) is 24.3 Å². The highest BCUT2D eigenvalue weighted by atomic mass is 127. The third-order valence-electron chi connectivity index (χ3n) is 3.85. The third kappa shape index (κ3) is 6.19. The van der Waals surface area contributed by atoms with Crippen molar-refractivity contribution in [3.05, 3.63) is 64.5 Å². The summed E-state index contributed by atoms with van der Waals surface area (Å²) in [6.45, 7) is 4.90. The monoisotopic (exact) mass is 457 g/mol. The molecule has 0 spiro atoms. The third-order valence-corrected chi connectivity index (χ3v) is 3.85. The van der Waals surface area contributed by atoms with Crippen LogP contribution >= 0.6 is 24.0 Å². The average Bonchev–Trinajstić information content (AvgIpc) is 2.59. The van der Waals surface area contributed by atoms with Gasteiger partial charge in [0.05, 0.1) is 7.11 Å². The van der Waals surface area contributed by atoms with Gasteiger partial charge >= 0.3 is 0 Å². The topological polar surface area (TPSA) is 45.7 Å². The van der Waals surface area contributed by atoms with Crippen molar-refractivity contribution in [1.29, 1.82) is 0 Å². The van der Waals surface area contributed by atoms with Gasteiger partial charge in [-0.05, 0) is 48.2 Å². The number of hydrogen-bond acceptors (Lipinski definition) is 2. The van der Waals surface area contributed by atoms with Crippen LogP contribution in [0.15, 0.2) is 41.4 Å². The molecule has 0 fully saturated rings. The van der Waals surface area contributed by atoms with Gasteiger partial charge in [0.2, 0.25) is 0 Å². The highest BCUT2D eigenvalue weighted by Crippen LogP contribution is 2.18. The minimum Gasteiger partial charge on any atom is -0.496 e. The lowest BCUT2D eigenvalue weighted by Gasteiger charge is -2.13. The molecule has 0 aromatic heterocycles. The zero-order chi connectivity index (χ0) is 17.5. The van der Waals surface area contributed by atoms with Gasteiger partial charge in [0.15, 0.2) is 5.96 Å². The molecule has 0 aliphatic rings. The van der Waals surface area contributed by atoms with E-state index in [2.05, 4.69) is 15.6 Å². The highest BCUT2D eigenvalue weighted by molar-refractivity contribution is 14.0. The lowest BCUT2D eigenvalue weighted by molar-refractivity contribution is 0.411. The Morgan fingerprint density at radius 2 is 1.56 bits per heavy atom. The molecule has 25 heavy (non-hydrogen) atoms. The fraction of sp³-hybridized carbons (Fsp3) is 0.316. The van der Waals surface area contributed by atoms with E-state index in [4.69, 9.17) is 4.74 Å². The van der Waals surface area contributed by atoms with E-state index in [0.717, 1.165) is 22.4 Å². The van der Waals surface area contributed by atoms with Crippen LogP contribution in [0.5, 0.6) is 5.75 Å². The van der Waals surface area contributed by atoms with Gasteiger partial charge < -0.3 is 15.4 Å². The van der Waals surface area contributed by atoms with E-state index in [1.54, 1.807) is 33.2 Å². The second kappa shape index (κ2) is 10.2. The van der Waals surface area contributed by atoms with Gasteiger partial charge in [-0.3, -0.25) is 4.99 Å². The van der Waals surface area contributed by atoms with Crippen LogP contribution in [0.2, 0.25) is 0 Å². The standard InChI is InChI=1S/C19H24FN3O.HI/c1-13-5-7-15(9-17(13)20)11-22-19(21-3)23-12-16-8-6-14(2)18(10-16)24-4;/h5-10H,11-12H2,1-4H3,(H2,21,22,23);1H. The summed E-state index contributed by atoms with van der Waals surface area (Å²) < 4.78 is 18.9. The van der Waals surface area contributed by atoms with Crippen LogP contribution in [0.3, 0.4) is 0 Å². The number of nitrogens with one attached hydrogen (secondary N) is 2. The molecule has 0 saturated carbocycles. The van der Waals surface area contributed by atoms with Crippen LogP contribution in [0, 0.1) is 19.7 Å². The van der Waals surface area contributed by atoms with E-state index in [-0.39, 0.29) is 29.8 Å². The molecule has 2 aromatic carbocycles. The van der Waals surface area contributed by atoms with Crippen molar-refractivity contribution in [2.24, 2.45) is 4.99 Å². The number of ether oxygens (including phenoxy) is 1. The number of benzene rings is 2. The molecule has 0 heterocycles. The van der Waals surface area contributed by atoms with Crippen LogP contribution in [-0.2, 0) is 13.1 Å². The van der Waals surface area contributed by atoms with Gasteiger partial charge in [0.25, 0.3) is 0 Å². The molecule has 0 aliphatic carbocycles. The van der Waals surface area contributed by atoms with E-state index in [9.17, 15) is 4.39 Å². The average molecular weight is 457 g/mol. The van der Waals surface area contributed by atoms with Crippen molar-refractivity contribution in [2.75, 3.05) is 14.2 Å². The van der Waals surface area contributed by atoms with Crippen LogP contribution in [0.4, 0.5) is 4.39 Å². The minimum absolute atomic E-state index is 0. The van der Waals surface area contributed by atoms with Gasteiger partial charge in [-0.25, -0.2) is 4.39 Å². The maximum atomic E-state index is 13.6. The fourth-order valence-corrected chi connectivity index (χ4v) is 2.31. The summed E-state index contributed by atoms with van der Waals surface area (Å²) in [4.78, 5) is 4.19. The number of aliphatic imine (C=N–C) groups is 1. The van der Waals surface area contributed by atoms with Gasteiger partial charge in [0.1, 0.15) is 11.6 Å². The first-order valence-corrected chi connectivity index (χ1v) is 7.86. The number of guanidine groups is 1. The number of nitrogens with zero attached hydrogens (tertiary/aromatic N) is 1. The van der Waals surface area contributed by atoms with Crippen molar-refractivity contribution >= 4 is 29.9 Å². The molecule has 0 radical (unpaired) electrons. The smallest absolute Gasteiger partial charge is 0.191 e. The van der Waals surface area contributed by atoms with Crippen LogP contribution in [-0.4, -0.2) is 20.1 Å². The zero-order valence-electron chi connectivity index (χ0n) is 15.0. The first kappa shape index (κ1) is 21.2. The summed E-state index contributed by atoms with van der Waals surface area (Å²) in [5, 5.41) is 6.43. The van der Waals surface area contributed by atoms with Crippen molar-refractivity contribution in [3.63, 3.8) is 0 Å². The molecule has 6 heteroatoms. The summed E-state index contributed by atoms with van der Waals surface area (Å²) in [6.07, 6.45) is 0. The van der Waals surface area contributed by atoms with Crippen LogP contribution < -0.4 is 15.4 Å². The second-order valence-electron chi connectivity index (χ2n) is 5.67. The Balaban J connectivity index is 0.00000312. The van der Waals surface area contributed by atoms with Crippen molar-refractivity contribution in [1.82, 2.24) is 10.6 Å². The first-order valence-electron chi connectivity index (χ1n) is 7.86. The lowest BCUT2D eigenvalue weighted by Crippen LogP contribution is -2.36. The van der Waals surface area contributed by atoms with Gasteiger partial charge in [0, 0.05) is 20.1 Å². The number of hydrogen-bond donors (Lipinski definition) is 2. The second-order valence-corrected chi connectivity index (χ2v) is 5.67. The summed E-state index contributed by atoms with van der Waals surface area (Å²) in [5.41, 5.74) is 3.72. The predicted molar refractivity (Wildman–Crippen MR) is 111 cm³/mol. The molecule has 0 saturated heterocycles. The van der Waals surface area contributed by atoms with E-state index < -0.39 is 0 Å². The molecule has 136 valence electrons. The number of halogens is 2. The zero-order valence-corrected chi connectivity index (χ0v) is 17.4. The molecule has 0 atom stereocenters. The van der Waals surface area contributed by atoms with Crippen LogP contribution in [0.25, 0.3) is 0 Å². The Labute approximate surface area is 165 Å². The summed E-state index contributed by atoms with van der Waals surface area (Å²) in [7, 11) is 3.38. The molecule has 0 bridgehead atoms. The molecule has 2 N–H and O–H groups in total. The SMILES string of the molecule is CN=C(NCc1ccc(C)c(F)c1)NCc1ccc(C)c(OC)c1.I. The lowest BCUT2D eigenvalue weighted by atomic mass is 10.1. The maximum Gasteiger partial charge on any atom is 0.191 e. The van der Waals surface area contributed by atoms with E-state index in [1.807, 2.05) is 31.2 Å². The number of rotatable bonds is 5. The van der Waals surface area contributed by atoms with E-state index in [1.165, 1.54) is 0 Å². The van der Waals surface area contributed by atoms with Gasteiger partial charge in [-0.15, -0.1) is 24.0 Å². The molecular weight excluding hydrogens is 432 g/mol. The van der Waals surface area contributed by atoms with E-state index in [0.29, 0.717) is 24.6 Å². The molecule has 0 unspecified atom stereocenters. The van der Waals surface area contributed by atoms with Crippen molar-refractivity contribution in [2.45, 2.75) is 26.9 Å². The Morgan fingerprint density at radius 1 is 1.00 bits per heavy atom. The normalized spacial score (nSPS) is 10.8. The predicted octanol–water partition coefficient (Wildman–Crippen LogP) is 3.93. The quantitative estimate of drug-likeness (QED) is 0.407. The van der Waals surface area contributed by atoms with E-state index >= 15 is 0 Å². The molecule has 0 amide bonds. The number of aryl methyl sites for hydroxylation is 2. The Bertz CT molecular complexity index is 735. The maximum absolute atomic E-state index is 13.6. The summed E-state index contributed by atoms with van der Waals surface area (Å²) in [5.74, 6) is 1.34. The molecule has 2 aromatic rings.